The molecule has 0 saturated carbocycles. The highest BCUT2D eigenvalue weighted by molar-refractivity contribution is 5.94. The summed E-state index contributed by atoms with van der Waals surface area (Å²) in [5, 5.41) is 2.77. The zero-order valence-corrected chi connectivity index (χ0v) is 10.9. The summed E-state index contributed by atoms with van der Waals surface area (Å²) in [5.74, 6) is -0.210. The highest BCUT2D eigenvalue weighted by Crippen LogP contribution is 2.11. The molecule has 0 fully saturated rings. The highest BCUT2D eigenvalue weighted by atomic mass is 35.5. The number of nitrogens with two attached hydrogens (primary N) is 1. The number of aryl methyl sites for hydroxylation is 1. The minimum Gasteiger partial charge on any atom is -0.370 e. The van der Waals surface area contributed by atoms with Crippen molar-refractivity contribution in [3.63, 3.8) is 0 Å². The van der Waals surface area contributed by atoms with Gasteiger partial charge >= 0.3 is 0 Å². The number of nitrogens with one attached hydrogen (secondary N) is 1. The maximum absolute atomic E-state index is 11.7. The fraction of sp³-hybridized carbons (Fsp3) is 0.417. The third-order valence-electron chi connectivity index (χ3n) is 2.39. The third kappa shape index (κ3) is 4.73. The standard InChI is InChI=1S/C12H18N2O2.ClH/c1-3-9-5-4-6-10(7-9)14-12(15)11(8-13)16-2;/h4-7,11H,3,8,13H2,1-2H3,(H,14,15);1H. The van der Waals surface area contributed by atoms with Crippen LogP contribution in [-0.4, -0.2) is 25.7 Å². The number of amides is 1. The molecule has 3 N–H and O–H groups in total. The lowest BCUT2D eigenvalue weighted by molar-refractivity contribution is -0.125. The van der Waals surface area contributed by atoms with Gasteiger partial charge in [0.1, 0.15) is 6.10 Å². The molecule has 0 aliphatic carbocycles. The van der Waals surface area contributed by atoms with Crippen molar-refractivity contribution in [1.29, 1.82) is 0 Å². The van der Waals surface area contributed by atoms with Crippen LogP contribution in [0.4, 0.5) is 5.69 Å². The number of carbonyl (C=O) groups excluding carboxylic acids is 1. The highest BCUT2D eigenvalue weighted by Gasteiger charge is 2.15. The number of ether oxygens (including phenoxy) is 1. The van der Waals surface area contributed by atoms with E-state index in [2.05, 4.69) is 12.2 Å². The lowest BCUT2D eigenvalue weighted by Crippen LogP contribution is -2.35. The summed E-state index contributed by atoms with van der Waals surface area (Å²) in [7, 11) is 1.47. The minimum absolute atomic E-state index is 0. The Bertz CT molecular complexity index is 354. The number of hydrogen-bond acceptors (Lipinski definition) is 3. The largest absolute Gasteiger partial charge is 0.370 e. The Morgan fingerprint density at radius 3 is 2.76 bits per heavy atom. The molecule has 1 rings (SSSR count). The van der Waals surface area contributed by atoms with Crippen LogP contribution in [0.2, 0.25) is 0 Å². The Hall–Kier alpha value is -1.10. The van der Waals surface area contributed by atoms with E-state index in [9.17, 15) is 4.79 Å². The zero-order chi connectivity index (χ0) is 12.0. The molecule has 0 radical (unpaired) electrons. The van der Waals surface area contributed by atoms with Crippen LogP contribution in [0.25, 0.3) is 0 Å². The van der Waals surface area contributed by atoms with Gasteiger partial charge < -0.3 is 15.8 Å². The van der Waals surface area contributed by atoms with Crippen molar-refractivity contribution in [2.45, 2.75) is 19.4 Å². The molecule has 1 aromatic rings. The van der Waals surface area contributed by atoms with Gasteiger partial charge in [0.2, 0.25) is 0 Å². The van der Waals surface area contributed by atoms with Gasteiger partial charge in [0, 0.05) is 19.3 Å². The predicted molar refractivity (Wildman–Crippen MR) is 71.5 cm³/mol. The van der Waals surface area contributed by atoms with E-state index in [-0.39, 0.29) is 24.9 Å². The van der Waals surface area contributed by atoms with E-state index in [0.717, 1.165) is 12.1 Å². The molecule has 96 valence electrons. The van der Waals surface area contributed by atoms with E-state index in [1.807, 2.05) is 24.3 Å². The molecule has 1 unspecified atom stereocenters. The Labute approximate surface area is 108 Å². The van der Waals surface area contributed by atoms with Gasteiger partial charge in [-0.15, -0.1) is 12.4 Å². The molecule has 0 aliphatic heterocycles. The molecule has 0 aliphatic rings. The summed E-state index contributed by atoms with van der Waals surface area (Å²) in [6.45, 7) is 2.24. The number of hydrogen-bond donors (Lipinski definition) is 2. The fourth-order valence-corrected chi connectivity index (χ4v) is 1.40. The lowest BCUT2D eigenvalue weighted by Gasteiger charge is -2.13. The molecule has 1 atom stereocenters. The number of halogens is 1. The van der Waals surface area contributed by atoms with Gasteiger partial charge in [-0.05, 0) is 24.1 Å². The van der Waals surface area contributed by atoms with Crippen molar-refractivity contribution in [2.75, 3.05) is 19.0 Å². The maximum atomic E-state index is 11.7. The van der Waals surface area contributed by atoms with Crippen LogP contribution in [0.5, 0.6) is 0 Å². The summed E-state index contributed by atoms with van der Waals surface area (Å²) >= 11 is 0. The van der Waals surface area contributed by atoms with Gasteiger partial charge in [-0.25, -0.2) is 0 Å². The first-order valence-corrected chi connectivity index (χ1v) is 5.34. The van der Waals surface area contributed by atoms with Gasteiger partial charge in [0.25, 0.3) is 5.91 Å². The van der Waals surface area contributed by atoms with Crippen molar-refractivity contribution < 1.29 is 9.53 Å². The van der Waals surface area contributed by atoms with Crippen LogP contribution in [0, 0.1) is 0 Å². The fourth-order valence-electron chi connectivity index (χ4n) is 1.40. The van der Waals surface area contributed by atoms with Crippen LogP contribution in [0.1, 0.15) is 12.5 Å². The van der Waals surface area contributed by atoms with Crippen LogP contribution < -0.4 is 11.1 Å². The molecule has 0 spiro atoms. The lowest BCUT2D eigenvalue weighted by atomic mass is 10.1. The van der Waals surface area contributed by atoms with Crippen molar-refractivity contribution in [3.8, 4) is 0 Å². The van der Waals surface area contributed by atoms with E-state index >= 15 is 0 Å². The first-order valence-electron chi connectivity index (χ1n) is 5.34. The van der Waals surface area contributed by atoms with Gasteiger partial charge in [-0.3, -0.25) is 4.79 Å². The molecule has 0 aromatic heterocycles. The average molecular weight is 259 g/mol. The quantitative estimate of drug-likeness (QED) is 0.843. The molecule has 0 bridgehead atoms. The molecule has 5 heteroatoms. The first kappa shape index (κ1) is 15.9. The molecule has 0 heterocycles. The summed E-state index contributed by atoms with van der Waals surface area (Å²) in [6, 6.07) is 7.73. The second kappa shape index (κ2) is 8.06. The van der Waals surface area contributed by atoms with Crippen LogP contribution >= 0.6 is 12.4 Å². The van der Waals surface area contributed by atoms with E-state index in [1.54, 1.807) is 0 Å². The minimum atomic E-state index is -0.592. The molecule has 4 nitrogen and oxygen atoms in total. The second-order valence-corrected chi connectivity index (χ2v) is 3.50. The van der Waals surface area contributed by atoms with E-state index in [0.29, 0.717) is 0 Å². The molecule has 1 aromatic carbocycles. The molecule has 1 amide bonds. The topological polar surface area (TPSA) is 64.4 Å². The second-order valence-electron chi connectivity index (χ2n) is 3.50. The van der Waals surface area contributed by atoms with Crippen LogP contribution in [-0.2, 0) is 16.0 Å². The van der Waals surface area contributed by atoms with Crippen molar-refractivity contribution in [2.24, 2.45) is 5.73 Å². The molecule has 17 heavy (non-hydrogen) atoms. The normalized spacial score (nSPS) is 11.5. The summed E-state index contributed by atoms with van der Waals surface area (Å²) in [4.78, 5) is 11.7. The van der Waals surface area contributed by atoms with Crippen molar-refractivity contribution in [1.82, 2.24) is 0 Å². The van der Waals surface area contributed by atoms with Gasteiger partial charge in [-0.1, -0.05) is 19.1 Å². The summed E-state index contributed by atoms with van der Waals surface area (Å²) in [6.07, 6.45) is 0.346. The number of carbonyl (C=O) groups is 1. The zero-order valence-electron chi connectivity index (χ0n) is 10.1. The Balaban J connectivity index is 0.00000256. The van der Waals surface area contributed by atoms with Crippen LogP contribution in [0.3, 0.4) is 0 Å². The number of anilines is 1. The first-order chi connectivity index (χ1) is 7.71. The summed E-state index contributed by atoms with van der Waals surface area (Å²) < 4.78 is 4.95. The molecule has 0 saturated heterocycles. The Kier molecular flexibility index (Phi) is 7.54. The Morgan fingerprint density at radius 2 is 2.24 bits per heavy atom. The van der Waals surface area contributed by atoms with Gasteiger partial charge in [-0.2, -0.15) is 0 Å². The SMILES string of the molecule is CCc1cccc(NC(=O)C(CN)OC)c1.Cl. The third-order valence-corrected chi connectivity index (χ3v) is 2.39. The molecular formula is C12H19ClN2O2. The van der Waals surface area contributed by atoms with Crippen LogP contribution in [0.15, 0.2) is 24.3 Å². The Morgan fingerprint density at radius 1 is 1.53 bits per heavy atom. The van der Waals surface area contributed by atoms with Crippen molar-refractivity contribution in [3.05, 3.63) is 29.8 Å². The van der Waals surface area contributed by atoms with E-state index in [1.165, 1.54) is 12.7 Å². The number of methoxy groups -OCH3 is 1. The van der Waals surface area contributed by atoms with Crippen molar-refractivity contribution >= 4 is 24.0 Å². The van der Waals surface area contributed by atoms with Gasteiger partial charge in [0.15, 0.2) is 0 Å². The average Bonchev–Trinajstić information content (AvgIpc) is 2.31. The monoisotopic (exact) mass is 258 g/mol. The van der Waals surface area contributed by atoms with E-state index in [4.69, 9.17) is 10.5 Å². The smallest absolute Gasteiger partial charge is 0.254 e. The number of rotatable bonds is 5. The van der Waals surface area contributed by atoms with E-state index < -0.39 is 6.10 Å². The predicted octanol–water partition coefficient (Wildman–Crippen LogP) is 1.58. The maximum Gasteiger partial charge on any atom is 0.254 e. The molecular weight excluding hydrogens is 240 g/mol. The van der Waals surface area contributed by atoms with Gasteiger partial charge in [0.05, 0.1) is 0 Å². The number of benzene rings is 1. The summed E-state index contributed by atoms with van der Waals surface area (Å²) in [5.41, 5.74) is 7.37.